The van der Waals surface area contributed by atoms with E-state index in [1.807, 2.05) is 0 Å². The second-order valence-corrected chi connectivity index (χ2v) is 7.90. The highest BCUT2D eigenvalue weighted by molar-refractivity contribution is 6.35. The molecule has 0 saturated carbocycles. The molecule has 2 aromatic carbocycles. The molecule has 2 aromatic rings. The number of urea groups is 1. The normalized spacial score (nSPS) is 11.1. The number of nitrogens with zero attached hydrogens (tertiary/aromatic N) is 2. The van der Waals surface area contributed by atoms with E-state index in [0.717, 1.165) is 23.2 Å². The van der Waals surface area contributed by atoms with Gasteiger partial charge >= 0.3 is 6.03 Å². The minimum Gasteiger partial charge on any atom is -0.304 e. The van der Waals surface area contributed by atoms with Gasteiger partial charge in [0.05, 0.1) is 11.2 Å². The van der Waals surface area contributed by atoms with E-state index < -0.39 is 29.1 Å². The standard InChI is InChI=1S/C19H19Cl2F2N3O2/c1-19(2,3)26(17(27)11-7-12(20)9-13(21)8-11)25(4)18(28)24-16-10-14(22)5-6-15(16)23/h5-10H,1-4H3,(H,24,28). The van der Waals surface area contributed by atoms with Gasteiger partial charge < -0.3 is 5.32 Å². The number of carbonyl (C=O) groups excluding carboxylic acids is 2. The summed E-state index contributed by atoms with van der Waals surface area (Å²) in [6, 6.07) is 6.17. The minimum atomic E-state index is -0.835. The van der Waals surface area contributed by atoms with Crippen molar-refractivity contribution in [1.29, 1.82) is 0 Å². The zero-order chi connectivity index (χ0) is 21.2. The van der Waals surface area contributed by atoms with E-state index in [2.05, 4.69) is 5.32 Å². The van der Waals surface area contributed by atoms with Gasteiger partial charge in [0.1, 0.15) is 11.6 Å². The topological polar surface area (TPSA) is 52.7 Å². The first-order valence-electron chi connectivity index (χ1n) is 8.20. The summed E-state index contributed by atoms with van der Waals surface area (Å²) in [7, 11) is 1.34. The van der Waals surface area contributed by atoms with Crippen LogP contribution in [0.25, 0.3) is 0 Å². The average molecular weight is 430 g/mol. The van der Waals surface area contributed by atoms with Crippen LogP contribution in [0.5, 0.6) is 0 Å². The van der Waals surface area contributed by atoms with Gasteiger partial charge in [-0.15, -0.1) is 0 Å². The molecule has 5 nitrogen and oxygen atoms in total. The van der Waals surface area contributed by atoms with Crippen molar-refractivity contribution >= 4 is 40.8 Å². The van der Waals surface area contributed by atoms with E-state index in [4.69, 9.17) is 23.2 Å². The van der Waals surface area contributed by atoms with Crippen LogP contribution in [-0.2, 0) is 0 Å². The molecule has 0 heterocycles. The van der Waals surface area contributed by atoms with Crippen LogP contribution < -0.4 is 5.32 Å². The molecular weight excluding hydrogens is 411 g/mol. The summed E-state index contributed by atoms with van der Waals surface area (Å²) < 4.78 is 27.2. The molecule has 0 bridgehead atoms. The Hall–Kier alpha value is -2.38. The van der Waals surface area contributed by atoms with E-state index in [9.17, 15) is 18.4 Å². The summed E-state index contributed by atoms with van der Waals surface area (Å²) in [5.41, 5.74) is -1.01. The molecule has 3 amide bonds. The maximum absolute atomic E-state index is 13.8. The van der Waals surface area contributed by atoms with Crippen molar-refractivity contribution in [3.8, 4) is 0 Å². The summed E-state index contributed by atoms with van der Waals surface area (Å²) in [4.78, 5) is 25.7. The molecule has 9 heteroatoms. The summed E-state index contributed by atoms with van der Waals surface area (Å²) in [6.07, 6.45) is 0. The number of benzene rings is 2. The van der Waals surface area contributed by atoms with Gasteiger partial charge in [0.2, 0.25) is 0 Å². The molecule has 0 unspecified atom stereocenters. The smallest absolute Gasteiger partial charge is 0.304 e. The highest BCUT2D eigenvalue weighted by Crippen LogP contribution is 2.25. The van der Waals surface area contributed by atoms with Crippen LogP contribution in [0, 0.1) is 11.6 Å². The van der Waals surface area contributed by atoms with E-state index >= 15 is 0 Å². The predicted molar refractivity (Wildman–Crippen MR) is 106 cm³/mol. The minimum absolute atomic E-state index is 0.170. The van der Waals surface area contributed by atoms with E-state index in [1.54, 1.807) is 20.8 Å². The van der Waals surface area contributed by atoms with Crippen molar-refractivity contribution in [2.75, 3.05) is 12.4 Å². The molecule has 0 saturated heterocycles. The van der Waals surface area contributed by atoms with Gasteiger partial charge in [-0.1, -0.05) is 23.2 Å². The maximum Gasteiger partial charge on any atom is 0.340 e. The maximum atomic E-state index is 13.8. The van der Waals surface area contributed by atoms with Crippen LogP contribution >= 0.6 is 23.2 Å². The molecule has 150 valence electrons. The number of anilines is 1. The fraction of sp³-hybridized carbons (Fsp3) is 0.263. The third-order valence-electron chi connectivity index (χ3n) is 3.70. The van der Waals surface area contributed by atoms with Crippen LogP contribution in [0.3, 0.4) is 0 Å². The van der Waals surface area contributed by atoms with E-state index in [-0.39, 0.29) is 21.3 Å². The van der Waals surface area contributed by atoms with Crippen LogP contribution in [0.1, 0.15) is 31.1 Å². The second-order valence-electron chi connectivity index (χ2n) is 7.02. The highest BCUT2D eigenvalue weighted by Gasteiger charge is 2.34. The van der Waals surface area contributed by atoms with Gasteiger partial charge in [0.25, 0.3) is 5.91 Å². The molecule has 0 aliphatic rings. The first-order valence-corrected chi connectivity index (χ1v) is 8.96. The first kappa shape index (κ1) is 21.9. The lowest BCUT2D eigenvalue weighted by atomic mass is 10.1. The Labute approximate surface area is 171 Å². The number of nitrogens with one attached hydrogen (secondary N) is 1. The van der Waals surface area contributed by atoms with Crippen molar-refractivity contribution in [2.45, 2.75) is 26.3 Å². The average Bonchev–Trinajstić information content (AvgIpc) is 2.56. The molecule has 0 aliphatic carbocycles. The van der Waals surface area contributed by atoms with Crippen LogP contribution in [0.4, 0.5) is 19.3 Å². The highest BCUT2D eigenvalue weighted by atomic mass is 35.5. The second kappa shape index (κ2) is 8.32. The SMILES string of the molecule is CN(C(=O)Nc1cc(F)ccc1F)N(C(=O)c1cc(Cl)cc(Cl)c1)C(C)(C)C. The van der Waals surface area contributed by atoms with Crippen molar-refractivity contribution in [3.05, 3.63) is 63.6 Å². The fourth-order valence-corrected chi connectivity index (χ4v) is 3.10. The van der Waals surface area contributed by atoms with Crippen molar-refractivity contribution in [3.63, 3.8) is 0 Å². The molecule has 0 radical (unpaired) electrons. The molecule has 0 aromatic heterocycles. The van der Waals surface area contributed by atoms with Crippen LogP contribution in [0.2, 0.25) is 10.0 Å². The molecule has 1 N–H and O–H groups in total. The Morgan fingerprint density at radius 3 is 2.11 bits per heavy atom. The molecule has 0 spiro atoms. The first-order chi connectivity index (χ1) is 12.9. The monoisotopic (exact) mass is 429 g/mol. The van der Waals surface area contributed by atoms with Crippen LogP contribution in [-0.4, -0.2) is 34.5 Å². The van der Waals surface area contributed by atoms with Gasteiger partial charge in [-0.2, -0.15) is 0 Å². The largest absolute Gasteiger partial charge is 0.340 e. The zero-order valence-corrected chi connectivity index (χ0v) is 17.2. The molecule has 0 atom stereocenters. The van der Waals surface area contributed by atoms with E-state index in [1.165, 1.54) is 30.3 Å². The van der Waals surface area contributed by atoms with Gasteiger partial charge in [-0.05, 0) is 51.1 Å². The van der Waals surface area contributed by atoms with Crippen molar-refractivity contribution in [1.82, 2.24) is 10.0 Å². The Bertz CT molecular complexity index is 896. The molecule has 0 aliphatic heterocycles. The van der Waals surface area contributed by atoms with E-state index in [0.29, 0.717) is 0 Å². The molecular formula is C19H19Cl2F2N3O2. The lowest BCUT2D eigenvalue weighted by Crippen LogP contribution is -2.57. The number of carbonyl (C=O) groups is 2. The number of rotatable bonds is 2. The number of hydrogen-bond donors (Lipinski definition) is 1. The third-order valence-corrected chi connectivity index (χ3v) is 4.14. The zero-order valence-electron chi connectivity index (χ0n) is 15.7. The molecule has 2 rings (SSSR count). The third kappa shape index (κ3) is 5.11. The van der Waals surface area contributed by atoms with Gasteiger partial charge in [-0.25, -0.2) is 23.6 Å². The Balaban J connectivity index is 2.35. The number of halogens is 4. The van der Waals surface area contributed by atoms with Gasteiger partial charge in [-0.3, -0.25) is 4.79 Å². The number of hydrazine groups is 1. The molecule has 28 heavy (non-hydrogen) atoms. The van der Waals surface area contributed by atoms with Gasteiger partial charge in [0.15, 0.2) is 0 Å². The Morgan fingerprint density at radius 2 is 1.57 bits per heavy atom. The lowest BCUT2D eigenvalue weighted by Gasteiger charge is -2.41. The lowest BCUT2D eigenvalue weighted by molar-refractivity contribution is -0.0163. The van der Waals surface area contributed by atoms with Crippen LogP contribution in [0.15, 0.2) is 36.4 Å². The fourth-order valence-electron chi connectivity index (χ4n) is 2.57. The number of amides is 3. The summed E-state index contributed by atoms with van der Waals surface area (Å²) >= 11 is 11.9. The Morgan fingerprint density at radius 1 is 1.00 bits per heavy atom. The Kier molecular flexibility index (Phi) is 6.52. The quantitative estimate of drug-likeness (QED) is 0.632. The predicted octanol–water partition coefficient (Wildman–Crippen LogP) is 5.59. The van der Waals surface area contributed by atoms with Crippen molar-refractivity contribution in [2.24, 2.45) is 0 Å². The van der Waals surface area contributed by atoms with Gasteiger partial charge in [0, 0.05) is 28.7 Å². The summed E-state index contributed by atoms with van der Waals surface area (Å²) in [5, 5.41) is 4.94. The summed E-state index contributed by atoms with van der Waals surface area (Å²) in [6.45, 7) is 5.14. The molecule has 0 fully saturated rings. The number of hydrogen-bond acceptors (Lipinski definition) is 2. The summed E-state index contributed by atoms with van der Waals surface area (Å²) in [5.74, 6) is -2.07. The van der Waals surface area contributed by atoms with Crippen molar-refractivity contribution < 1.29 is 18.4 Å².